The molecule has 0 saturated heterocycles. The summed E-state index contributed by atoms with van der Waals surface area (Å²) in [4.78, 5) is 11.8. The summed E-state index contributed by atoms with van der Waals surface area (Å²) in [7, 11) is 0. The predicted molar refractivity (Wildman–Crippen MR) is 84.4 cm³/mol. The minimum absolute atomic E-state index is 0.197. The van der Waals surface area contributed by atoms with Gasteiger partial charge in [0.05, 0.1) is 0 Å². The van der Waals surface area contributed by atoms with Gasteiger partial charge in [-0.3, -0.25) is 4.79 Å². The maximum Gasteiger partial charge on any atom is 0.287 e. The van der Waals surface area contributed by atoms with Crippen LogP contribution < -0.4 is 10.1 Å². The third-order valence-corrected chi connectivity index (χ3v) is 3.23. The molecule has 2 aromatic rings. The number of nitrogens with one attached hydrogen (secondary N) is 1. The molecule has 0 unspecified atom stereocenters. The van der Waals surface area contributed by atoms with Gasteiger partial charge in [0.1, 0.15) is 18.1 Å². The van der Waals surface area contributed by atoms with Crippen molar-refractivity contribution in [2.24, 2.45) is 5.92 Å². The van der Waals surface area contributed by atoms with Gasteiger partial charge in [-0.25, -0.2) is 0 Å². The number of carbonyl (C=O) groups is 1. The maximum absolute atomic E-state index is 11.8. The molecule has 2 rings (SSSR count). The first-order chi connectivity index (χ1) is 10.0. The largest absolute Gasteiger partial charge is 0.486 e. The molecule has 0 bridgehead atoms. The molecule has 1 aromatic carbocycles. The first-order valence-corrected chi connectivity index (χ1v) is 7.59. The number of furan rings is 1. The Balaban J connectivity index is 1.89. The molecule has 1 N–H and O–H groups in total. The van der Waals surface area contributed by atoms with Crippen LogP contribution in [0.15, 0.2) is 45.3 Å². The molecular formula is C16H18BrNO3. The highest BCUT2D eigenvalue weighted by atomic mass is 79.9. The molecule has 0 fully saturated rings. The molecule has 112 valence electrons. The third-order valence-electron chi connectivity index (χ3n) is 2.73. The zero-order chi connectivity index (χ0) is 15.2. The predicted octanol–water partition coefficient (Wildman–Crippen LogP) is 4.01. The van der Waals surface area contributed by atoms with Crippen molar-refractivity contribution in [3.05, 3.63) is 52.4 Å². The topological polar surface area (TPSA) is 51.5 Å². The number of amides is 1. The lowest BCUT2D eigenvalue weighted by Crippen LogP contribution is -2.26. The Morgan fingerprint density at radius 1 is 1.33 bits per heavy atom. The SMILES string of the molecule is CC(C)CNC(=O)c1ccc(COc2cccc(Br)c2)o1. The highest BCUT2D eigenvalue weighted by Gasteiger charge is 2.11. The molecule has 0 aliphatic rings. The summed E-state index contributed by atoms with van der Waals surface area (Å²) >= 11 is 3.38. The number of ether oxygens (including phenoxy) is 1. The fourth-order valence-corrected chi connectivity index (χ4v) is 2.05. The Morgan fingerprint density at radius 3 is 2.86 bits per heavy atom. The van der Waals surface area contributed by atoms with Gasteiger partial charge in [-0.1, -0.05) is 35.8 Å². The second-order valence-corrected chi connectivity index (χ2v) is 6.03. The van der Waals surface area contributed by atoms with Crippen LogP contribution in [0.3, 0.4) is 0 Å². The van der Waals surface area contributed by atoms with Gasteiger partial charge in [0.15, 0.2) is 5.76 Å². The summed E-state index contributed by atoms with van der Waals surface area (Å²) in [6, 6.07) is 11.0. The molecule has 5 heteroatoms. The molecule has 0 atom stereocenters. The lowest BCUT2D eigenvalue weighted by Gasteiger charge is -2.06. The smallest absolute Gasteiger partial charge is 0.287 e. The number of carbonyl (C=O) groups excluding carboxylic acids is 1. The lowest BCUT2D eigenvalue weighted by atomic mass is 10.2. The monoisotopic (exact) mass is 351 g/mol. The van der Waals surface area contributed by atoms with Crippen molar-refractivity contribution in [1.82, 2.24) is 5.32 Å². The molecular weight excluding hydrogens is 334 g/mol. The van der Waals surface area contributed by atoms with Crippen molar-refractivity contribution in [3.63, 3.8) is 0 Å². The maximum atomic E-state index is 11.8. The normalized spacial score (nSPS) is 10.7. The number of rotatable bonds is 6. The highest BCUT2D eigenvalue weighted by molar-refractivity contribution is 9.10. The molecule has 1 amide bonds. The van der Waals surface area contributed by atoms with E-state index in [1.165, 1.54) is 0 Å². The molecule has 21 heavy (non-hydrogen) atoms. The summed E-state index contributed by atoms with van der Waals surface area (Å²) in [5.74, 6) is 1.88. The molecule has 0 aliphatic heterocycles. The van der Waals surface area contributed by atoms with Crippen molar-refractivity contribution in [2.45, 2.75) is 20.5 Å². The van der Waals surface area contributed by atoms with Crippen molar-refractivity contribution in [3.8, 4) is 5.75 Å². The Morgan fingerprint density at radius 2 is 2.14 bits per heavy atom. The zero-order valence-corrected chi connectivity index (χ0v) is 13.6. The van der Waals surface area contributed by atoms with Crippen LogP contribution in [-0.2, 0) is 6.61 Å². The quantitative estimate of drug-likeness (QED) is 0.855. The van der Waals surface area contributed by atoms with Crippen LogP contribution in [0.2, 0.25) is 0 Å². The van der Waals surface area contributed by atoms with Gasteiger partial charge in [-0.15, -0.1) is 0 Å². The van der Waals surface area contributed by atoms with E-state index >= 15 is 0 Å². The Labute approximate surface area is 132 Å². The van der Waals surface area contributed by atoms with E-state index in [0.717, 1.165) is 10.2 Å². The minimum atomic E-state index is -0.197. The van der Waals surface area contributed by atoms with Gasteiger partial charge >= 0.3 is 0 Å². The zero-order valence-electron chi connectivity index (χ0n) is 12.1. The van der Waals surface area contributed by atoms with E-state index in [2.05, 4.69) is 21.2 Å². The van der Waals surface area contributed by atoms with Crippen molar-refractivity contribution in [1.29, 1.82) is 0 Å². The molecule has 4 nitrogen and oxygen atoms in total. The lowest BCUT2D eigenvalue weighted by molar-refractivity contribution is 0.0917. The second kappa shape index (κ2) is 7.31. The van der Waals surface area contributed by atoms with E-state index in [-0.39, 0.29) is 12.5 Å². The van der Waals surface area contributed by atoms with Gasteiger partial charge in [0.2, 0.25) is 0 Å². The second-order valence-electron chi connectivity index (χ2n) is 5.12. The average Bonchev–Trinajstić information content (AvgIpc) is 2.91. The summed E-state index contributed by atoms with van der Waals surface area (Å²) in [5.41, 5.74) is 0. The first-order valence-electron chi connectivity index (χ1n) is 6.80. The molecule has 0 aliphatic carbocycles. The molecule has 0 radical (unpaired) electrons. The van der Waals surface area contributed by atoms with Gasteiger partial charge in [-0.2, -0.15) is 0 Å². The summed E-state index contributed by atoms with van der Waals surface area (Å²) in [6.45, 7) is 5.00. The van der Waals surface area contributed by atoms with Crippen molar-refractivity contribution < 1.29 is 13.9 Å². The Kier molecular flexibility index (Phi) is 5.44. The fraction of sp³-hybridized carbons (Fsp3) is 0.312. The van der Waals surface area contributed by atoms with Gasteiger partial charge < -0.3 is 14.5 Å². The summed E-state index contributed by atoms with van der Waals surface area (Å²) in [6.07, 6.45) is 0. The van der Waals surface area contributed by atoms with Gasteiger partial charge in [0.25, 0.3) is 5.91 Å². The molecule has 0 saturated carbocycles. The van der Waals surface area contributed by atoms with E-state index in [9.17, 15) is 4.79 Å². The number of hydrogen-bond donors (Lipinski definition) is 1. The van der Waals surface area contributed by atoms with Gasteiger partial charge in [0, 0.05) is 11.0 Å². The van der Waals surface area contributed by atoms with Crippen LogP contribution >= 0.6 is 15.9 Å². The van der Waals surface area contributed by atoms with E-state index < -0.39 is 0 Å². The number of benzene rings is 1. The van der Waals surface area contributed by atoms with Crippen LogP contribution in [-0.4, -0.2) is 12.5 Å². The Bertz CT molecular complexity index is 607. The van der Waals surface area contributed by atoms with Crippen molar-refractivity contribution in [2.75, 3.05) is 6.54 Å². The van der Waals surface area contributed by atoms with E-state index in [0.29, 0.717) is 24.0 Å². The van der Waals surface area contributed by atoms with E-state index in [1.807, 2.05) is 38.1 Å². The molecule has 1 aromatic heterocycles. The average molecular weight is 352 g/mol. The molecule has 1 heterocycles. The van der Waals surface area contributed by atoms with Crippen LogP contribution in [0, 0.1) is 5.92 Å². The van der Waals surface area contributed by atoms with Crippen LogP contribution in [0.5, 0.6) is 5.75 Å². The van der Waals surface area contributed by atoms with Crippen LogP contribution in [0.4, 0.5) is 0 Å². The standard InChI is InChI=1S/C16H18BrNO3/c1-11(2)9-18-16(19)15-7-6-14(21-15)10-20-13-5-3-4-12(17)8-13/h3-8,11H,9-10H2,1-2H3,(H,18,19). The molecule has 0 spiro atoms. The van der Waals surface area contributed by atoms with Gasteiger partial charge in [-0.05, 0) is 36.2 Å². The van der Waals surface area contributed by atoms with Crippen LogP contribution in [0.25, 0.3) is 0 Å². The van der Waals surface area contributed by atoms with E-state index in [4.69, 9.17) is 9.15 Å². The van der Waals surface area contributed by atoms with Crippen LogP contribution in [0.1, 0.15) is 30.2 Å². The number of halogens is 1. The fourth-order valence-electron chi connectivity index (χ4n) is 1.67. The highest BCUT2D eigenvalue weighted by Crippen LogP contribution is 2.19. The summed E-state index contributed by atoms with van der Waals surface area (Å²) in [5, 5.41) is 2.81. The summed E-state index contributed by atoms with van der Waals surface area (Å²) < 4.78 is 12.0. The third kappa shape index (κ3) is 4.93. The number of hydrogen-bond acceptors (Lipinski definition) is 3. The minimum Gasteiger partial charge on any atom is -0.486 e. The Hall–Kier alpha value is -1.75. The first kappa shape index (κ1) is 15.6. The van der Waals surface area contributed by atoms with E-state index in [1.54, 1.807) is 12.1 Å². The van der Waals surface area contributed by atoms with Crippen molar-refractivity contribution >= 4 is 21.8 Å².